The van der Waals surface area contributed by atoms with Crippen LogP contribution < -0.4 is 4.74 Å². The summed E-state index contributed by atoms with van der Waals surface area (Å²) in [4.78, 5) is 0. The lowest BCUT2D eigenvalue weighted by atomic mass is 9.93. The zero-order chi connectivity index (χ0) is 25.5. The van der Waals surface area contributed by atoms with Crippen molar-refractivity contribution in [2.75, 3.05) is 20.3 Å². The number of rotatable bonds is 10. The van der Waals surface area contributed by atoms with Gasteiger partial charge in [-0.15, -0.1) is 0 Å². The second-order valence-electron chi connectivity index (χ2n) is 10.5. The minimum Gasteiger partial charge on any atom is -0.497 e. The van der Waals surface area contributed by atoms with Crippen LogP contribution in [0.5, 0.6) is 5.75 Å². The van der Waals surface area contributed by atoms with Gasteiger partial charge in [-0.2, -0.15) is 0 Å². The van der Waals surface area contributed by atoms with Crippen molar-refractivity contribution in [2.24, 2.45) is 0 Å². The Hall–Kier alpha value is -1.23. The summed E-state index contributed by atoms with van der Waals surface area (Å²) in [5, 5.41) is 0.151. The standard InChI is InChI=1S/C28H39IO5Si/c1-27(2,3)35(5,6)33-19-16-25-28(17-18-29,32-20-22-10-8-7-9-11-22)21-31-26(34-25)23-12-14-24(30-4)15-13-23/h7-15,17-18,25-26H,16,19-21H2,1-6H3/b18-17-/t25-,26+,28+/m1/s1. The second kappa shape index (κ2) is 12.3. The van der Waals surface area contributed by atoms with Crippen molar-refractivity contribution in [3.05, 3.63) is 75.9 Å². The van der Waals surface area contributed by atoms with Crippen LogP contribution in [0.2, 0.25) is 18.1 Å². The third-order valence-electron chi connectivity index (χ3n) is 7.03. The van der Waals surface area contributed by atoms with E-state index in [1.165, 1.54) is 0 Å². The normalized spacial score (nSPS) is 23.5. The predicted molar refractivity (Wildman–Crippen MR) is 151 cm³/mol. The maximum Gasteiger partial charge on any atom is 0.191 e. The fourth-order valence-electron chi connectivity index (χ4n) is 3.73. The largest absolute Gasteiger partial charge is 0.497 e. The minimum absolute atomic E-state index is 0.151. The molecule has 0 saturated carbocycles. The van der Waals surface area contributed by atoms with Crippen molar-refractivity contribution in [1.82, 2.24) is 0 Å². The van der Waals surface area contributed by atoms with Crippen molar-refractivity contribution >= 4 is 30.9 Å². The first kappa shape index (κ1) is 28.3. The monoisotopic (exact) mass is 610 g/mol. The highest BCUT2D eigenvalue weighted by atomic mass is 127. The van der Waals surface area contributed by atoms with Gasteiger partial charge in [0.1, 0.15) is 11.4 Å². The average Bonchev–Trinajstić information content (AvgIpc) is 2.84. The summed E-state index contributed by atoms with van der Waals surface area (Å²) in [5.74, 6) is 0.803. The van der Waals surface area contributed by atoms with Crippen LogP contribution in [0.25, 0.3) is 0 Å². The van der Waals surface area contributed by atoms with Gasteiger partial charge in [0.25, 0.3) is 0 Å². The van der Waals surface area contributed by atoms with Crippen LogP contribution in [0.4, 0.5) is 0 Å². The molecule has 1 aliphatic rings. The Labute approximate surface area is 225 Å². The average molecular weight is 611 g/mol. The Morgan fingerprint density at radius 2 is 1.77 bits per heavy atom. The van der Waals surface area contributed by atoms with Gasteiger partial charge < -0.3 is 23.4 Å². The molecule has 1 aliphatic heterocycles. The van der Waals surface area contributed by atoms with Crippen LogP contribution in [0.15, 0.2) is 64.8 Å². The molecule has 0 bridgehead atoms. The zero-order valence-corrected chi connectivity index (χ0v) is 24.9. The molecule has 1 saturated heterocycles. The lowest BCUT2D eigenvalue weighted by Gasteiger charge is -2.45. The molecular weight excluding hydrogens is 571 g/mol. The third-order valence-corrected chi connectivity index (χ3v) is 11.9. The maximum absolute atomic E-state index is 6.60. The van der Waals surface area contributed by atoms with Gasteiger partial charge in [-0.25, -0.2) is 0 Å². The number of hydrogen-bond donors (Lipinski definition) is 0. The summed E-state index contributed by atoms with van der Waals surface area (Å²) in [6.45, 7) is 12.8. The topological polar surface area (TPSA) is 46.2 Å². The molecule has 0 unspecified atom stereocenters. The van der Waals surface area contributed by atoms with Crippen molar-refractivity contribution < 1.29 is 23.4 Å². The molecule has 0 spiro atoms. The molecule has 0 amide bonds. The molecule has 0 aromatic heterocycles. The van der Waals surface area contributed by atoms with Crippen molar-refractivity contribution in [2.45, 2.75) is 69.9 Å². The Morgan fingerprint density at radius 1 is 1.09 bits per heavy atom. The second-order valence-corrected chi connectivity index (χ2v) is 16.0. The molecule has 192 valence electrons. The van der Waals surface area contributed by atoms with Crippen LogP contribution in [0.3, 0.4) is 0 Å². The first-order valence-corrected chi connectivity index (χ1v) is 16.3. The smallest absolute Gasteiger partial charge is 0.191 e. The molecule has 5 nitrogen and oxygen atoms in total. The fraction of sp³-hybridized carbons (Fsp3) is 0.500. The van der Waals surface area contributed by atoms with Crippen molar-refractivity contribution in [1.29, 1.82) is 0 Å². The summed E-state index contributed by atoms with van der Waals surface area (Å²) in [7, 11) is -0.215. The van der Waals surface area contributed by atoms with E-state index in [0.717, 1.165) is 16.9 Å². The molecule has 1 heterocycles. The number of hydrogen-bond acceptors (Lipinski definition) is 5. The minimum atomic E-state index is -1.88. The van der Waals surface area contributed by atoms with Crippen molar-refractivity contribution in [3.8, 4) is 5.75 Å². The van der Waals surface area contributed by atoms with Gasteiger partial charge in [-0.3, -0.25) is 0 Å². The lowest BCUT2D eigenvalue weighted by Crippen LogP contribution is -2.54. The molecule has 7 heteroatoms. The molecule has 3 rings (SSSR count). The van der Waals surface area contributed by atoms with Gasteiger partial charge in [0.2, 0.25) is 0 Å². The van der Waals surface area contributed by atoms with E-state index >= 15 is 0 Å². The van der Waals surface area contributed by atoms with E-state index in [1.807, 2.05) is 46.5 Å². The first-order valence-electron chi connectivity index (χ1n) is 12.1. The van der Waals surface area contributed by atoms with Gasteiger partial charge in [-0.05, 0) is 52.4 Å². The molecule has 0 N–H and O–H groups in total. The van der Waals surface area contributed by atoms with E-state index in [4.69, 9.17) is 23.4 Å². The summed E-state index contributed by atoms with van der Waals surface area (Å²) in [6.07, 6.45) is 2.06. The highest BCUT2D eigenvalue weighted by Gasteiger charge is 2.46. The first-order chi connectivity index (χ1) is 16.6. The highest BCUT2D eigenvalue weighted by Crippen LogP contribution is 2.40. The van der Waals surface area contributed by atoms with E-state index in [0.29, 0.717) is 26.2 Å². The van der Waals surface area contributed by atoms with Crippen LogP contribution >= 0.6 is 22.6 Å². The summed E-state index contributed by atoms with van der Waals surface area (Å²) < 4.78 is 33.2. The Balaban J connectivity index is 1.81. The highest BCUT2D eigenvalue weighted by molar-refractivity contribution is 14.1. The molecular formula is C28H39IO5Si. The SMILES string of the molecule is COc1ccc([C@H]2OC[C@](/C=C\I)(OCc3ccccc3)[C@@H](CCO[Si](C)(C)C(C)(C)C)O2)cc1. The number of ether oxygens (including phenoxy) is 4. The van der Waals surface area contributed by atoms with Crippen LogP contribution in [0, 0.1) is 0 Å². The predicted octanol–water partition coefficient (Wildman–Crippen LogP) is 7.43. The molecule has 0 radical (unpaired) electrons. The molecule has 2 aromatic carbocycles. The molecule has 2 aromatic rings. The van der Waals surface area contributed by atoms with Gasteiger partial charge in [0.05, 0.1) is 26.4 Å². The van der Waals surface area contributed by atoms with E-state index in [-0.39, 0.29) is 11.1 Å². The maximum atomic E-state index is 6.60. The van der Waals surface area contributed by atoms with E-state index in [2.05, 4.69) is 74.7 Å². The molecule has 3 atom stereocenters. The quantitative estimate of drug-likeness (QED) is 0.207. The van der Waals surface area contributed by atoms with E-state index in [1.54, 1.807) is 7.11 Å². The van der Waals surface area contributed by atoms with E-state index in [9.17, 15) is 0 Å². The van der Waals surface area contributed by atoms with Crippen LogP contribution in [0.1, 0.15) is 44.6 Å². The van der Waals surface area contributed by atoms with Crippen LogP contribution in [-0.4, -0.2) is 40.3 Å². The van der Waals surface area contributed by atoms with E-state index < -0.39 is 20.2 Å². The molecule has 35 heavy (non-hydrogen) atoms. The van der Waals surface area contributed by atoms with Gasteiger partial charge >= 0.3 is 0 Å². The third kappa shape index (κ3) is 7.39. The van der Waals surface area contributed by atoms with Crippen molar-refractivity contribution in [3.63, 3.8) is 0 Å². The number of methoxy groups -OCH3 is 1. The fourth-order valence-corrected chi connectivity index (χ4v) is 5.39. The van der Waals surface area contributed by atoms with Gasteiger partial charge in [-0.1, -0.05) is 85.8 Å². The van der Waals surface area contributed by atoms with Crippen LogP contribution in [-0.2, 0) is 25.2 Å². The van der Waals surface area contributed by atoms with Gasteiger partial charge in [0.15, 0.2) is 14.6 Å². The lowest BCUT2D eigenvalue weighted by molar-refractivity contribution is -0.295. The Morgan fingerprint density at radius 3 is 2.37 bits per heavy atom. The summed E-state index contributed by atoms with van der Waals surface area (Å²) in [6, 6.07) is 18.0. The molecule has 0 aliphatic carbocycles. The zero-order valence-electron chi connectivity index (χ0n) is 21.8. The summed E-state index contributed by atoms with van der Waals surface area (Å²) >= 11 is 2.24. The number of benzene rings is 2. The molecule has 1 fully saturated rings. The Bertz CT molecular complexity index is 942. The number of halogens is 1. The van der Waals surface area contributed by atoms with Gasteiger partial charge in [0, 0.05) is 12.2 Å². The Kier molecular flexibility index (Phi) is 9.99. The summed E-state index contributed by atoms with van der Waals surface area (Å²) in [5.41, 5.74) is 1.36.